The first-order chi connectivity index (χ1) is 16.8. The monoisotopic (exact) mass is 479 g/mol. The molecule has 4 rings (SSSR count). The Morgan fingerprint density at radius 1 is 0.971 bits per heavy atom. The minimum atomic E-state index is -1.10. The number of hydrogen-bond donors (Lipinski definition) is 1. The average Bonchev–Trinajstić information content (AvgIpc) is 3.38. The fourth-order valence-electron chi connectivity index (χ4n) is 5.17. The molecule has 2 aromatic carbocycles. The first-order valence-corrected chi connectivity index (χ1v) is 11.9. The van der Waals surface area contributed by atoms with Crippen LogP contribution in [0.5, 0.6) is 0 Å². The third kappa shape index (κ3) is 4.97. The molecule has 186 valence electrons. The summed E-state index contributed by atoms with van der Waals surface area (Å²) in [6.45, 7) is 5.13. The Hall–Kier alpha value is -3.16. The number of methoxy groups -OCH3 is 2. The van der Waals surface area contributed by atoms with E-state index in [1.807, 2.05) is 62.4 Å². The summed E-state index contributed by atoms with van der Waals surface area (Å²) in [6.07, 6.45) is 1.77. The normalized spacial score (nSPS) is 24.9. The largest absolute Gasteiger partial charge is 0.511 e. The molecule has 2 aromatic rings. The Morgan fingerprint density at radius 3 is 2.09 bits per heavy atom. The van der Waals surface area contributed by atoms with Crippen LogP contribution in [-0.2, 0) is 23.8 Å². The van der Waals surface area contributed by atoms with Crippen LogP contribution in [0.4, 0.5) is 0 Å². The van der Waals surface area contributed by atoms with Gasteiger partial charge < -0.3 is 19.3 Å². The predicted octanol–water partition coefficient (Wildman–Crippen LogP) is 4.35. The van der Waals surface area contributed by atoms with Gasteiger partial charge in [0.2, 0.25) is 0 Å². The molecule has 1 saturated heterocycles. The lowest BCUT2D eigenvalue weighted by atomic mass is 9.78. The highest BCUT2D eigenvalue weighted by Crippen LogP contribution is 2.48. The van der Waals surface area contributed by atoms with E-state index in [1.165, 1.54) is 14.2 Å². The highest BCUT2D eigenvalue weighted by molar-refractivity contribution is 5.93. The highest BCUT2D eigenvalue weighted by atomic mass is 16.5. The summed E-state index contributed by atoms with van der Waals surface area (Å²) in [5.41, 5.74) is 3.87. The van der Waals surface area contributed by atoms with Crippen molar-refractivity contribution in [2.75, 3.05) is 27.4 Å². The molecule has 0 radical (unpaired) electrons. The third-order valence-corrected chi connectivity index (χ3v) is 6.96. The highest BCUT2D eigenvalue weighted by Gasteiger charge is 2.50. The summed E-state index contributed by atoms with van der Waals surface area (Å²) in [7, 11) is 2.56. The van der Waals surface area contributed by atoms with Crippen molar-refractivity contribution < 1.29 is 28.9 Å². The molecule has 0 aromatic heterocycles. The number of nitrogens with zero attached hydrogens (tertiary/aromatic N) is 1. The number of carbonyl (C=O) groups excluding carboxylic acids is 2. The van der Waals surface area contributed by atoms with Crippen molar-refractivity contribution in [1.82, 2.24) is 4.90 Å². The Kier molecular flexibility index (Phi) is 7.57. The zero-order chi connectivity index (χ0) is 25.1. The molecule has 0 aliphatic carbocycles. The molecule has 0 unspecified atom stereocenters. The lowest BCUT2D eigenvalue weighted by Gasteiger charge is -2.46. The first kappa shape index (κ1) is 24.9. The van der Waals surface area contributed by atoms with Gasteiger partial charge in [-0.2, -0.15) is 0 Å². The Labute approximate surface area is 206 Å². The van der Waals surface area contributed by atoms with Gasteiger partial charge in [-0.3, -0.25) is 9.69 Å². The lowest BCUT2D eigenvalue weighted by Crippen LogP contribution is -2.49. The molecule has 7 nitrogen and oxygen atoms in total. The predicted molar refractivity (Wildman–Crippen MR) is 131 cm³/mol. The minimum Gasteiger partial charge on any atom is -0.511 e. The summed E-state index contributed by atoms with van der Waals surface area (Å²) in [6, 6.07) is 14.5. The standard InChI is InChI=1S/C28H33NO6/c1-17-7-11-19(12-8-17)24-22(27(31)33-3)26(30)23(28(32)34-4)25(20-13-9-18(2)10-14-20)29(24)16-21-6-5-15-35-21/h7-14,21-22,24-25,30H,5-6,15-16H2,1-4H3/t21-,22-,24+,25-/m1/s1. The Morgan fingerprint density at radius 2 is 1.57 bits per heavy atom. The second kappa shape index (κ2) is 10.6. The van der Waals surface area contributed by atoms with Crippen LogP contribution in [0.25, 0.3) is 0 Å². The fraction of sp³-hybridized carbons (Fsp3) is 0.429. The number of esters is 2. The Bertz CT molecular complexity index is 1090. The molecule has 0 saturated carbocycles. The van der Waals surface area contributed by atoms with Crippen LogP contribution in [0.15, 0.2) is 59.9 Å². The van der Waals surface area contributed by atoms with Gasteiger partial charge in [0, 0.05) is 13.2 Å². The van der Waals surface area contributed by atoms with E-state index in [0.29, 0.717) is 13.2 Å². The molecule has 0 amide bonds. The topological polar surface area (TPSA) is 85.3 Å². The van der Waals surface area contributed by atoms with E-state index in [9.17, 15) is 14.7 Å². The number of benzene rings is 2. The van der Waals surface area contributed by atoms with Gasteiger partial charge in [0.15, 0.2) is 0 Å². The van der Waals surface area contributed by atoms with Crippen LogP contribution in [0.2, 0.25) is 0 Å². The van der Waals surface area contributed by atoms with Gasteiger partial charge in [-0.25, -0.2) is 4.79 Å². The zero-order valence-electron chi connectivity index (χ0n) is 20.7. The molecule has 2 heterocycles. The van der Waals surface area contributed by atoms with Gasteiger partial charge >= 0.3 is 11.9 Å². The molecule has 2 aliphatic rings. The maximum atomic E-state index is 13.1. The van der Waals surface area contributed by atoms with Crippen LogP contribution >= 0.6 is 0 Å². The van der Waals surface area contributed by atoms with Crippen molar-refractivity contribution in [3.8, 4) is 0 Å². The van der Waals surface area contributed by atoms with Crippen LogP contribution in [0.3, 0.4) is 0 Å². The van der Waals surface area contributed by atoms with Crippen molar-refractivity contribution in [2.45, 2.75) is 44.9 Å². The summed E-state index contributed by atoms with van der Waals surface area (Å²) in [5, 5.41) is 11.5. The minimum absolute atomic E-state index is 0.0492. The van der Waals surface area contributed by atoms with Crippen molar-refractivity contribution in [2.24, 2.45) is 5.92 Å². The number of rotatable bonds is 6. The number of aliphatic hydroxyl groups is 1. The van der Waals surface area contributed by atoms with Crippen molar-refractivity contribution in [3.05, 3.63) is 82.1 Å². The smallest absolute Gasteiger partial charge is 0.339 e. The molecule has 0 bridgehead atoms. The van der Waals surface area contributed by atoms with E-state index in [-0.39, 0.29) is 17.4 Å². The molecule has 2 aliphatic heterocycles. The van der Waals surface area contributed by atoms with Crippen LogP contribution in [0.1, 0.15) is 47.2 Å². The first-order valence-electron chi connectivity index (χ1n) is 11.9. The molecular formula is C28H33NO6. The number of aliphatic hydroxyl groups excluding tert-OH is 1. The van der Waals surface area contributed by atoms with Crippen LogP contribution < -0.4 is 0 Å². The van der Waals surface area contributed by atoms with Crippen molar-refractivity contribution in [1.29, 1.82) is 0 Å². The number of hydrogen-bond acceptors (Lipinski definition) is 7. The molecular weight excluding hydrogens is 446 g/mol. The molecule has 35 heavy (non-hydrogen) atoms. The molecule has 0 spiro atoms. The third-order valence-electron chi connectivity index (χ3n) is 6.96. The number of carbonyl (C=O) groups is 2. The van der Waals surface area contributed by atoms with Crippen LogP contribution in [0, 0.1) is 19.8 Å². The zero-order valence-corrected chi connectivity index (χ0v) is 20.7. The quantitative estimate of drug-likeness (QED) is 0.617. The number of aryl methyl sites for hydroxylation is 2. The van der Waals surface area contributed by atoms with E-state index in [1.54, 1.807) is 0 Å². The van der Waals surface area contributed by atoms with Gasteiger partial charge in [-0.15, -0.1) is 0 Å². The molecule has 4 atom stereocenters. The van der Waals surface area contributed by atoms with E-state index in [0.717, 1.165) is 35.1 Å². The second-order valence-electron chi connectivity index (χ2n) is 9.29. The number of ether oxygens (including phenoxy) is 3. The fourth-order valence-corrected chi connectivity index (χ4v) is 5.17. The second-order valence-corrected chi connectivity index (χ2v) is 9.29. The lowest BCUT2D eigenvalue weighted by molar-refractivity contribution is -0.150. The maximum absolute atomic E-state index is 13.1. The summed E-state index contributed by atoms with van der Waals surface area (Å²) >= 11 is 0. The van der Waals surface area contributed by atoms with Crippen molar-refractivity contribution in [3.63, 3.8) is 0 Å². The van der Waals surface area contributed by atoms with Crippen LogP contribution in [-0.4, -0.2) is 55.4 Å². The van der Waals surface area contributed by atoms with Gasteiger partial charge in [0.05, 0.1) is 38.0 Å². The van der Waals surface area contributed by atoms with E-state index < -0.39 is 29.9 Å². The summed E-state index contributed by atoms with van der Waals surface area (Å²) in [5.74, 6) is -2.71. The van der Waals surface area contributed by atoms with E-state index >= 15 is 0 Å². The molecule has 1 N–H and O–H groups in total. The van der Waals surface area contributed by atoms with Gasteiger partial charge in [-0.1, -0.05) is 59.7 Å². The average molecular weight is 480 g/mol. The summed E-state index contributed by atoms with van der Waals surface area (Å²) in [4.78, 5) is 28.3. The van der Waals surface area contributed by atoms with Gasteiger partial charge in [0.25, 0.3) is 0 Å². The Balaban J connectivity index is 1.97. The SMILES string of the molecule is COC(=O)C1=C(O)[C@H](C(=O)OC)[C@H](c2ccc(C)cc2)N(C[C@H]2CCCO2)[C@@H]1c1ccc(C)cc1. The van der Waals surface area contributed by atoms with Crippen molar-refractivity contribution >= 4 is 11.9 Å². The van der Waals surface area contributed by atoms with E-state index in [4.69, 9.17) is 14.2 Å². The molecule has 7 heteroatoms. The summed E-state index contributed by atoms with van der Waals surface area (Å²) < 4.78 is 16.2. The molecule has 1 fully saturated rings. The van der Waals surface area contributed by atoms with E-state index in [2.05, 4.69) is 4.90 Å². The maximum Gasteiger partial charge on any atom is 0.339 e. The van der Waals surface area contributed by atoms with Gasteiger partial charge in [0.1, 0.15) is 11.7 Å². The van der Waals surface area contributed by atoms with Gasteiger partial charge in [-0.05, 0) is 37.8 Å².